The Kier molecular flexibility index (Phi) is 4.93. The monoisotopic (exact) mass is 245 g/mol. The normalized spacial score (nSPS) is 15.0. The number of hydrogen-bond donors (Lipinski definition) is 2. The van der Waals surface area contributed by atoms with Gasteiger partial charge < -0.3 is 10.8 Å². The number of halogens is 1. The van der Waals surface area contributed by atoms with E-state index in [0.717, 1.165) is 10.5 Å². The van der Waals surface area contributed by atoms with E-state index < -0.39 is 0 Å². The molecule has 0 aliphatic heterocycles. The summed E-state index contributed by atoms with van der Waals surface area (Å²) >= 11 is 7.68. The molecule has 1 unspecified atom stereocenters. The molecular formula is C11H16ClNOS. The number of aliphatic hydroxyl groups is 1. The minimum absolute atomic E-state index is 0.00295. The van der Waals surface area contributed by atoms with Crippen molar-refractivity contribution in [1.29, 1.82) is 0 Å². The lowest BCUT2D eigenvalue weighted by molar-refractivity contribution is 0.300. The van der Waals surface area contributed by atoms with Crippen molar-refractivity contribution in [3.8, 4) is 0 Å². The highest BCUT2D eigenvalue weighted by Crippen LogP contribution is 2.31. The molecule has 0 saturated carbocycles. The SMILES string of the molecule is CC(CO)Sc1ccc([C@@H](C)N)cc1Cl. The molecule has 0 amide bonds. The van der Waals surface area contributed by atoms with Gasteiger partial charge in [0, 0.05) is 16.2 Å². The molecule has 2 nitrogen and oxygen atoms in total. The van der Waals surface area contributed by atoms with Crippen LogP contribution in [0.3, 0.4) is 0 Å². The molecule has 1 aromatic carbocycles. The summed E-state index contributed by atoms with van der Waals surface area (Å²) in [6, 6.07) is 5.82. The van der Waals surface area contributed by atoms with Gasteiger partial charge >= 0.3 is 0 Å². The molecule has 1 aromatic rings. The highest BCUT2D eigenvalue weighted by Gasteiger charge is 2.08. The fraction of sp³-hybridized carbons (Fsp3) is 0.455. The van der Waals surface area contributed by atoms with Crippen LogP contribution in [0.4, 0.5) is 0 Å². The van der Waals surface area contributed by atoms with E-state index in [1.54, 1.807) is 11.8 Å². The predicted molar refractivity (Wildman–Crippen MR) is 66.5 cm³/mol. The van der Waals surface area contributed by atoms with Crippen LogP contribution in [0.15, 0.2) is 23.1 Å². The van der Waals surface area contributed by atoms with Crippen molar-refractivity contribution in [2.75, 3.05) is 6.61 Å². The second kappa shape index (κ2) is 5.75. The van der Waals surface area contributed by atoms with Gasteiger partial charge in [-0.1, -0.05) is 24.6 Å². The molecular weight excluding hydrogens is 230 g/mol. The molecule has 84 valence electrons. The summed E-state index contributed by atoms with van der Waals surface area (Å²) < 4.78 is 0. The third kappa shape index (κ3) is 3.68. The van der Waals surface area contributed by atoms with Crippen molar-refractivity contribution in [3.63, 3.8) is 0 Å². The van der Waals surface area contributed by atoms with E-state index >= 15 is 0 Å². The highest BCUT2D eigenvalue weighted by atomic mass is 35.5. The number of thioether (sulfide) groups is 1. The van der Waals surface area contributed by atoms with E-state index in [2.05, 4.69) is 0 Å². The van der Waals surface area contributed by atoms with Gasteiger partial charge in [-0.25, -0.2) is 0 Å². The summed E-state index contributed by atoms with van der Waals surface area (Å²) in [6.07, 6.45) is 0. The largest absolute Gasteiger partial charge is 0.395 e. The lowest BCUT2D eigenvalue weighted by Crippen LogP contribution is -2.05. The van der Waals surface area contributed by atoms with Gasteiger partial charge in [-0.2, -0.15) is 0 Å². The van der Waals surface area contributed by atoms with Crippen molar-refractivity contribution < 1.29 is 5.11 Å². The van der Waals surface area contributed by atoms with E-state index in [1.165, 1.54) is 0 Å². The van der Waals surface area contributed by atoms with Crippen LogP contribution in [-0.4, -0.2) is 17.0 Å². The second-order valence-corrected chi connectivity index (χ2v) is 5.48. The van der Waals surface area contributed by atoms with Gasteiger partial charge in [0.15, 0.2) is 0 Å². The fourth-order valence-corrected chi connectivity index (χ4v) is 2.30. The first kappa shape index (κ1) is 12.8. The maximum atomic E-state index is 8.95. The second-order valence-electron chi connectivity index (χ2n) is 3.59. The zero-order valence-corrected chi connectivity index (χ0v) is 10.5. The molecule has 15 heavy (non-hydrogen) atoms. The van der Waals surface area contributed by atoms with Crippen LogP contribution in [0.1, 0.15) is 25.5 Å². The summed E-state index contributed by atoms with van der Waals surface area (Å²) in [6.45, 7) is 4.03. The zero-order valence-electron chi connectivity index (χ0n) is 8.90. The van der Waals surface area contributed by atoms with E-state index in [9.17, 15) is 0 Å². The van der Waals surface area contributed by atoms with Gasteiger partial charge in [0.2, 0.25) is 0 Å². The van der Waals surface area contributed by atoms with Crippen LogP contribution in [0.5, 0.6) is 0 Å². The maximum absolute atomic E-state index is 8.95. The average Bonchev–Trinajstić information content (AvgIpc) is 2.20. The Morgan fingerprint density at radius 2 is 2.13 bits per heavy atom. The average molecular weight is 246 g/mol. The van der Waals surface area contributed by atoms with Crippen molar-refractivity contribution in [1.82, 2.24) is 0 Å². The first-order valence-corrected chi connectivity index (χ1v) is 6.13. The van der Waals surface area contributed by atoms with Crippen LogP contribution in [0.2, 0.25) is 5.02 Å². The summed E-state index contributed by atoms with van der Waals surface area (Å²) in [5, 5.41) is 9.81. The smallest absolute Gasteiger partial charge is 0.0550 e. The standard InChI is InChI=1S/C11H16ClNOS/c1-7(6-14)15-11-4-3-9(8(2)13)5-10(11)12/h3-5,7-8,14H,6,13H2,1-2H3/t7?,8-/m1/s1. The van der Waals surface area contributed by atoms with E-state index in [1.807, 2.05) is 32.0 Å². The van der Waals surface area contributed by atoms with Crippen molar-refractivity contribution in [3.05, 3.63) is 28.8 Å². The number of nitrogens with two attached hydrogens (primary N) is 1. The Hall–Kier alpha value is -0.220. The molecule has 0 heterocycles. The minimum Gasteiger partial charge on any atom is -0.395 e. The van der Waals surface area contributed by atoms with Crippen molar-refractivity contribution in [2.45, 2.75) is 30.0 Å². The van der Waals surface area contributed by atoms with E-state index in [0.29, 0.717) is 5.02 Å². The maximum Gasteiger partial charge on any atom is 0.0550 e. The van der Waals surface area contributed by atoms with Crippen LogP contribution < -0.4 is 5.73 Å². The summed E-state index contributed by atoms with van der Waals surface area (Å²) in [4.78, 5) is 0.989. The Bertz CT molecular complexity index is 330. The number of hydrogen-bond acceptors (Lipinski definition) is 3. The molecule has 0 aliphatic rings. The first-order valence-electron chi connectivity index (χ1n) is 4.87. The molecule has 2 atom stereocenters. The molecule has 1 rings (SSSR count). The van der Waals surface area contributed by atoms with Gasteiger partial charge in [0.1, 0.15) is 0 Å². The van der Waals surface area contributed by atoms with Crippen LogP contribution in [0, 0.1) is 0 Å². The molecule has 0 bridgehead atoms. The molecule has 0 fully saturated rings. The summed E-state index contributed by atoms with van der Waals surface area (Å²) in [5.74, 6) is 0. The van der Waals surface area contributed by atoms with Crippen LogP contribution >= 0.6 is 23.4 Å². The lowest BCUT2D eigenvalue weighted by Gasteiger charge is -2.11. The molecule has 3 N–H and O–H groups in total. The lowest BCUT2D eigenvalue weighted by atomic mass is 10.1. The van der Waals surface area contributed by atoms with Gasteiger partial charge in [0.25, 0.3) is 0 Å². The fourth-order valence-electron chi connectivity index (χ4n) is 1.15. The number of aliphatic hydroxyl groups excluding tert-OH is 1. The predicted octanol–water partition coefficient (Wildman–Crippen LogP) is 2.83. The minimum atomic E-state index is -0.00295. The Morgan fingerprint density at radius 3 is 2.60 bits per heavy atom. The molecule has 0 spiro atoms. The Morgan fingerprint density at radius 1 is 1.47 bits per heavy atom. The molecule has 0 aliphatic carbocycles. The third-order valence-electron chi connectivity index (χ3n) is 2.07. The third-order valence-corrected chi connectivity index (χ3v) is 3.65. The Balaban J connectivity index is 2.83. The van der Waals surface area contributed by atoms with Gasteiger partial charge in [0.05, 0.1) is 11.6 Å². The van der Waals surface area contributed by atoms with Crippen molar-refractivity contribution in [2.24, 2.45) is 5.73 Å². The van der Waals surface area contributed by atoms with Crippen molar-refractivity contribution >= 4 is 23.4 Å². The van der Waals surface area contributed by atoms with Crippen LogP contribution in [0.25, 0.3) is 0 Å². The molecule has 0 aromatic heterocycles. The number of benzene rings is 1. The Labute approximate surface area is 99.8 Å². The summed E-state index contributed by atoms with van der Waals surface area (Å²) in [7, 11) is 0. The van der Waals surface area contributed by atoms with Crippen LogP contribution in [-0.2, 0) is 0 Å². The van der Waals surface area contributed by atoms with Gasteiger partial charge in [-0.3, -0.25) is 0 Å². The van der Waals surface area contributed by atoms with E-state index in [-0.39, 0.29) is 17.9 Å². The number of rotatable bonds is 4. The highest BCUT2D eigenvalue weighted by molar-refractivity contribution is 8.00. The molecule has 0 saturated heterocycles. The molecule has 0 radical (unpaired) electrons. The zero-order chi connectivity index (χ0) is 11.4. The molecule has 4 heteroatoms. The first-order chi connectivity index (χ1) is 7.04. The van der Waals surface area contributed by atoms with Gasteiger partial charge in [-0.05, 0) is 24.6 Å². The topological polar surface area (TPSA) is 46.2 Å². The van der Waals surface area contributed by atoms with Gasteiger partial charge in [-0.15, -0.1) is 11.8 Å². The summed E-state index contributed by atoms with van der Waals surface area (Å²) in [5.41, 5.74) is 6.78. The quantitative estimate of drug-likeness (QED) is 0.802. The van der Waals surface area contributed by atoms with E-state index in [4.69, 9.17) is 22.4 Å².